The van der Waals surface area contributed by atoms with Gasteiger partial charge >= 0.3 is 0 Å². The fourth-order valence-corrected chi connectivity index (χ4v) is 3.88. The number of carbonyl (C=O) groups is 1. The van der Waals surface area contributed by atoms with Crippen molar-refractivity contribution in [2.75, 3.05) is 24.9 Å². The van der Waals surface area contributed by atoms with E-state index in [1.807, 2.05) is 31.2 Å². The fraction of sp³-hybridized carbons (Fsp3) is 0.292. The SMILES string of the molecule is CONC(=O)c1ccc(C)c(-n2ccnc(NC3(c4ccccc4OCCCl)CC3)c2=O)c1. The maximum absolute atomic E-state index is 13.4. The molecule has 0 aliphatic heterocycles. The van der Waals surface area contributed by atoms with Crippen molar-refractivity contribution < 1.29 is 14.4 Å². The monoisotopic (exact) mass is 468 g/mol. The topological polar surface area (TPSA) is 94.5 Å². The van der Waals surface area contributed by atoms with E-state index in [4.69, 9.17) is 21.2 Å². The minimum Gasteiger partial charge on any atom is -0.492 e. The van der Waals surface area contributed by atoms with Gasteiger partial charge in [-0.3, -0.25) is 19.0 Å². The number of hydroxylamine groups is 1. The lowest BCUT2D eigenvalue weighted by molar-refractivity contribution is 0.0537. The molecule has 1 heterocycles. The number of anilines is 1. The highest BCUT2D eigenvalue weighted by molar-refractivity contribution is 6.18. The molecular weight excluding hydrogens is 444 g/mol. The molecule has 2 aromatic carbocycles. The largest absolute Gasteiger partial charge is 0.492 e. The molecule has 3 aromatic rings. The number of rotatable bonds is 9. The molecule has 1 saturated carbocycles. The molecule has 1 aliphatic rings. The Bertz CT molecular complexity index is 1220. The normalized spacial score (nSPS) is 13.9. The Morgan fingerprint density at radius 1 is 1.24 bits per heavy atom. The molecule has 1 fully saturated rings. The molecule has 33 heavy (non-hydrogen) atoms. The molecule has 4 rings (SSSR count). The van der Waals surface area contributed by atoms with Crippen molar-refractivity contribution in [2.24, 2.45) is 0 Å². The summed E-state index contributed by atoms with van der Waals surface area (Å²) in [4.78, 5) is 34.6. The van der Waals surface area contributed by atoms with E-state index in [9.17, 15) is 9.59 Å². The number of aromatic nitrogens is 2. The van der Waals surface area contributed by atoms with Crippen LogP contribution >= 0.6 is 11.6 Å². The lowest BCUT2D eigenvalue weighted by atomic mass is 10.0. The second-order valence-corrected chi connectivity index (χ2v) is 8.21. The third kappa shape index (κ3) is 4.72. The van der Waals surface area contributed by atoms with Gasteiger partial charge in [-0.25, -0.2) is 10.5 Å². The number of para-hydroxylation sites is 1. The second kappa shape index (κ2) is 9.64. The Morgan fingerprint density at radius 2 is 2.03 bits per heavy atom. The lowest BCUT2D eigenvalue weighted by Crippen LogP contribution is -2.29. The van der Waals surface area contributed by atoms with Gasteiger partial charge in [0.15, 0.2) is 5.82 Å². The van der Waals surface area contributed by atoms with Gasteiger partial charge in [0.25, 0.3) is 11.5 Å². The van der Waals surface area contributed by atoms with Crippen molar-refractivity contribution in [1.82, 2.24) is 15.0 Å². The van der Waals surface area contributed by atoms with Crippen LogP contribution in [0.1, 0.15) is 34.3 Å². The van der Waals surface area contributed by atoms with E-state index >= 15 is 0 Å². The van der Waals surface area contributed by atoms with Crippen LogP contribution in [0, 0.1) is 6.92 Å². The molecule has 0 atom stereocenters. The predicted molar refractivity (Wildman–Crippen MR) is 126 cm³/mol. The summed E-state index contributed by atoms with van der Waals surface area (Å²) in [6.45, 7) is 2.28. The summed E-state index contributed by atoms with van der Waals surface area (Å²) in [5, 5.41) is 3.36. The number of amides is 1. The number of nitrogens with one attached hydrogen (secondary N) is 2. The first-order valence-electron chi connectivity index (χ1n) is 10.6. The number of hydrogen-bond acceptors (Lipinski definition) is 6. The molecule has 9 heteroatoms. The van der Waals surface area contributed by atoms with Crippen molar-refractivity contribution in [1.29, 1.82) is 0 Å². The molecule has 1 aliphatic carbocycles. The quantitative estimate of drug-likeness (QED) is 0.368. The minimum absolute atomic E-state index is 0.230. The number of ether oxygens (including phenoxy) is 1. The highest BCUT2D eigenvalue weighted by Gasteiger charge is 2.47. The highest BCUT2D eigenvalue weighted by Crippen LogP contribution is 2.50. The number of aryl methyl sites for hydroxylation is 1. The zero-order valence-electron chi connectivity index (χ0n) is 18.4. The molecule has 0 spiro atoms. The van der Waals surface area contributed by atoms with Gasteiger partial charge in [-0.15, -0.1) is 11.6 Å². The van der Waals surface area contributed by atoms with E-state index in [0.29, 0.717) is 23.7 Å². The van der Waals surface area contributed by atoms with Crippen molar-refractivity contribution in [2.45, 2.75) is 25.3 Å². The van der Waals surface area contributed by atoms with Gasteiger partial charge in [0.2, 0.25) is 0 Å². The highest BCUT2D eigenvalue weighted by atomic mass is 35.5. The molecule has 0 saturated heterocycles. The number of alkyl halides is 1. The summed E-state index contributed by atoms with van der Waals surface area (Å²) in [5.41, 5.74) is 4.33. The van der Waals surface area contributed by atoms with Crippen molar-refractivity contribution in [3.8, 4) is 11.4 Å². The minimum atomic E-state index is -0.427. The average Bonchev–Trinajstić information content (AvgIpc) is 3.60. The van der Waals surface area contributed by atoms with E-state index in [1.54, 1.807) is 30.6 Å². The van der Waals surface area contributed by atoms with Crippen LogP contribution in [-0.2, 0) is 10.4 Å². The number of nitrogens with zero attached hydrogens (tertiary/aromatic N) is 2. The first kappa shape index (κ1) is 22.8. The van der Waals surface area contributed by atoms with E-state index in [-0.39, 0.29) is 11.4 Å². The smallest absolute Gasteiger partial charge is 0.297 e. The Kier molecular flexibility index (Phi) is 6.67. The lowest BCUT2D eigenvalue weighted by Gasteiger charge is -2.22. The molecule has 2 N–H and O–H groups in total. The summed E-state index contributed by atoms with van der Waals surface area (Å²) in [5.74, 6) is 0.964. The van der Waals surface area contributed by atoms with E-state index < -0.39 is 11.4 Å². The Hall–Kier alpha value is -3.36. The van der Waals surface area contributed by atoms with Crippen LogP contribution in [0.5, 0.6) is 5.75 Å². The van der Waals surface area contributed by atoms with Gasteiger partial charge in [-0.05, 0) is 43.5 Å². The van der Waals surface area contributed by atoms with Crippen LogP contribution in [-0.4, -0.2) is 35.1 Å². The average molecular weight is 469 g/mol. The third-order valence-electron chi connectivity index (χ3n) is 5.61. The molecule has 0 bridgehead atoms. The van der Waals surface area contributed by atoms with Crippen LogP contribution < -0.4 is 21.1 Å². The number of benzene rings is 2. The van der Waals surface area contributed by atoms with Crippen molar-refractivity contribution in [3.05, 3.63) is 81.9 Å². The van der Waals surface area contributed by atoms with E-state index in [0.717, 1.165) is 29.7 Å². The van der Waals surface area contributed by atoms with Crippen LogP contribution in [0.15, 0.2) is 59.7 Å². The zero-order chi connectivity index (χ0) is 23.4. The number of hydrogen-bond donors (Lipinski definition) is 2. The van der Waals surface area contributed by atoms with Gasteiger partial charge in [0.05, 0.1) is 24.2 Å². The fourth-order valence-electron chi connectivity index (χ4n) is 3.80. The zero-order valence-corrected chi connectivity index (χ0v) is 19.2. The van der Waals surface area contributed by atoms with Crippen LogP contribution in [0.3, 0.4) is 0 Å². The maximum Gasteiger partial charge on any atom is 0.297 e. The van der Waals surface area contributed by atoms with Gasteiger partial charge in [-0.1, -0.05) is 24.3 Å². The van der Waals surface area contributed by atoms with Gasteiger partial charge in [0, 0.05) is 23.5 Å². The summed E-state index contributed by atoms with van der Waals surface area (Å²) >= 11 is 5.79. The molecule has 1 aromatic heterocycles. The molecular formula is C24H25ClN4O4. The third-order valence-corrected chi connectivity index (χ3v) is 5.77. The molecule has 0 unspecified atom stereocenters. The second-order valence-electron chi connectivity index (χ2n) is 7.83. The standard InChI is InChI=1S/C24H25ClN4O4/c1-16-7-8-17(22(30)28-32-2)15-19(16)29-13-12-26-21(23(29)31)27-24(9-10-24)18-5-3-4-6-20(18)33-14-11-25/h3-8,12-13,15H,9-11,14H2,1-2H3,(H,26,27)(H,28,30). The van der Waals surface area contributed by atoms with Crippen LogP contribution in [0.25, 0.3) is 5.69 Å². The van der Waals surface area contributed by atoms with E-state index in [1.165, 1.54) is 11.7 Å². The Balaban J connectivity index is 1.68. The molecule has 1 amide bonds. The number of halogens is 1. The maximum atomic E-state index is 13.4. The summed E-state index contributed by atoms with van der Waals surface area (Å²) in [7, 11) is 1.37. The van der Waals surface area contributed by atoms with Crippen molar-refractivity contribution in [3.63, 3.8) is 0 Å². The Morgan fingerprint density at radius 3 is 2.76 bits per heavy atom. The van der Waals surface area contributed by atoms with Crippen molar-refractivity contribution >= 4 is 23.3 Å². The summed E-state index contributed by atoms with van der Waals surface area (Å²) in [6, 6.07) is 12.9. The molecule has 172 valence electrons. The van der Waals surface area contributed by atoms with Crippen LogP contribution in [0.4, 0.5) is 5.82 Å². The molecule has 0 radical (unpaired) electrons. The summed E-state index contributed by atoms with van der Waals surface area (Å²) < 4.78 is 7.31. The van der Waals surface area contributed by atoms with Gasteiger partial charge < -0.3 is 10.1 Å². The summed E-state index contributed by atoms with van der Waals surface area (Å²) in [6.07, 6.45) is 4.84. The van der Waals surface area contributed by atoms with Gasteiger partial charge in [-0.2, -0.15) is 0 Å². The number of carbonyl (C=O) groups excluding carboxylic acids is 1. The van der Waals surface area contributed by atoms with Gasteiger partial charge in [0.1, 0.15) is 12.4 Å². The predicted octanol–water partition coefficient (Wildman–Crippen LogP) is 3.55. The molecule has 8 nitrogen and oxygen atoms in total. The van der Waals surface area contributed by atoms with Crippen LogP contribution in [0.2, 0.25) is 0 Å². The first-order valence-corrected chi connectivity index (χ1v) is 11.1. The van der Waals surface area contributed by atoms with E-state index in [2.05, 4.69) is 15.8 Å². The Labute approximate surface area is 196 Å². The first-order chi connectivity index (χ1) is 16.0.